The maximum atomic E-state index is 14.4. The first-order chi connectivity index (χ1) is 37.3. The van der Waals surface area contributed by atoms with Crippen LogP contribution in [0.4, 0.5) is 17.6 Å². The number of hydrogen-bond donors (Lipinski definition) is 16. The molecule has 4 aromatic rings. The smallest absolute Gasteiger partial charge is 0.328 e. The summed E-state index contributed by atoms with van der Waals surface area (Å²) in [6.07, 6.45) is -21.4. The van der Waals surface area contributed by atoms with Crippen LogP contribution in [0.25, 0.3) is 0 Å². The van der Waals surface area contributed by atoms with Crippen LogP contribution in [-0.4, -0.2) is 198 Å². The third-order valence-electron chi connectivity index (χ3n) is 11.4. The van der Waals surface area contributed by atoms with E-state index < -0.39 is 146 Å². The number of nitrogens with one attached hydrogen (secondary N) is 4. The van der Waals surface area contributed by atoms with E-state index >= 15 is 0 Å². The Bertz CT molecular complexity index is 3560. The van der Waals surface area contributed by atoms with Gasteiger partial charge in [-0.1, -0.05) is 48.9 Å². The zero-order valence-electron chi connectivity index (χ0n) is 45.1. The zero-order valence-corrected chi connectivity index (χ0v) is 42.3. The van der Waals surface area contributed by atoms with Crippen molar-refractivity contribution in [1.29, 1.82) is 0 Å². The number of halogens is 4. The molecule has 0 aromatic carbocycles. The van der Waals surface area contributed by atoms with Gasteiger partial charge >= 0.3 is 22.8 Å². The van der Waals surface area contributed by atoms with E-state index in [9.17, 15) is 82.7 Å². The van der Waals surface area contributed by atoms with Gasteiger partial charge in [0.15, 0.2) is 24.9 Å². The molecular weight excluding hydrogens is 1120 g/mol. The standard InChI is InChI=1S/4C10H13FN2O5S/c4*1-4-2-13(9(17)12-7(4)19)8-5(15)6(16)10(11,3-14)18-8/h4*2,5-6,8,14-16H,3H2,1H3,(H,12,17,19)/t4*5-,6+,8-,10-/m1111/s1/i3D2,8D;8D;3D2;. The maximum absolute atomic E-state index is 14.4. The molecule has 16 N–H and O–H groups in total. The molecule has 0 unspecified atom stereocenters. The van der Waals surface area contributed by atoms with Gasteiger partial charge in [0.2, 0.25) is 0 Å². The Morgan fingerprint density at radius 2 is 0.711 bits per heavy atom. The van der Waals surface area contributed by atoms with Crippen molar-refractivity contribution in [2.45, 2.75) is 125 Å². The molecule has 4 fully saturated rings. The molecule has 4 aliphatic heterocycles. The quantitative estimate of drug-likeness (QED) is 0.0601. The number of alkyl halides is 4. The van der Waals surface area contributed by atoms with Crippen molar-refractivity contribution in [1.82, 2.24) is 38.2 Å². The van der Waals surface area contributed by atoms with Crippen LogP contribution < -0.4 is 22.8 Å². The van der Waals surface area contributed by atoms with Gasteiger partial charge in [0.25, 0.3) is 23.4 Å². The Morgan fingerprint density at radius 1 is 0.474 bits per heavy atom. The Morgan fingerprint density at radius 3 is 0.987 bits per heavy atom. The molecule has 4 aliphatic rings. The highest BCUT2D eigenvalue weighted by atomic mass is 32.1. The number of aromatic nitrogens is 8. The number of aliphatic hydroxyl groups excluding tert-OH is 10. The lowest BCUT2D eigenvalue weighted by molar-refractivity contribution is -0.207. The molecule has 28 nitrogen and oxygen atoms in total. The SMILES string of the molecule is Cc1cn([C@@H]2O[C@](F)(CO)[C@@H](O)[C@H]2O)c(=O)[nH]c1=S.[2H]C([2H])(O)[C@@]1(F)O[C@@H](n2cc(C)c(=S)[nH]c2=O)[C@H](O)[C@@H]1O.[2H]C([2H])(O)[C@@]1(F)O[C@@]([2H])(n2cc(C)c(=S)[nH]c2=O)[C@H](O)[C@@H]1O.[2H][C@@]1(n2cc(C)c(=S)[nH]c2=O)O[C@](F)(CO)[C@@H](O)[C@H]1O. The summed E-state index contributed by atoms with van der Waals surface area (Å²) in [6, 6.07) is 0. The van der Waals surface area contributed by atoms with Crippen LogP contribution >= 0.6 is 48.9 Å². The minimum atomic E-state index is -3.81. The van der Waals surface area contributed by atoms with Crippen molar-refractivity contribution in [2.24, 2.45) is 0 Å². The molecule has 0 saturated carbocycles. The molecule has 0 amide bonds. The minimum absolute atomic E-state index is 0.0434. The first-order valence-corrected chi connectivity index (χ1v) is 22.8. The lowest BCUT2D eigenvalue weighted by Gasteiger charge is -2.20. The second-order valence-corrected chi connectivity index (χ2v) is 18.4. The number of aliphatic hydroxyl groups is 12. The molecular formula is C40H52F4N8O20S4. The van der Waals surface area contributed by atoms with Crippen LogP contribution in [0.5, 0.6) is 0 Å². The molecule has 8 heterocycles. The molecule has 4 aromatic heterocycles. The van der Waals surface area contributed by atoms with E-state index in [4.69, 9.17) is 77.2 Å². The topological polar surface area (TPSA) is 431 Å². The number of H-pyrrole nitrogens is 4. The molecule has 0 radical (unpaired) electrons. The fourth-order valence-corrected chi connectivity index (χ4v) is 7.55. The first-order valence-electron chi connectivity index (χ1n) is 24.2. The number of aromatic amines is 4. The summed E-state index contributed by atoms with van der Waals surface area (Å²) in [7, 11) is 0. The number of aryl methyl sites for hydroxylation is 4. The van der Waals surface area contributed by atoms with Gasteiger partial charge in [-0.25, -0.2) is 36.7 Å². The van der Waals surface area contributed by atoms with Crippen LogP contribution in [0, 0.1) is 46.3 Å². The molecule has 76 heavy (non-hydrogen) atoms. The van der Waals surface area contributed by atoms with Crippen LogP contribution in [0.1, 0.15) is 55.3 Å². The van der Waals surface area contributed by atoms with Crippen molar-refractivity contribution in [3.8, 4) is 0 Å². The molecule has 424 valence electrons. The van der Waals surface area contributed by atoms with Crippen molar-refractivity contribution in [3.63, 3.8) is 0 Å². The van der Waals surface area contributed by atoms with Gasteiger partial charge in [0.1, 0.15) is 93.7 Å². The van der Waals surface area contributed by atoms with Gasteiger partial charge in [0.05, 0.1) is 8.22 Å². The molecule has 16 atom stereocenters. The molecule has 36 heteroatoms. The highest BCUT2D eigenvalue weighted by Gasteiger charge is 2.59. The van der Waals surface area contributed by atoms with Crippen molar-refractivity contribution < 1.29 is 106 Å². The van der Waals surface area contributed by atoms with E-state index in [1.54, 1.807) is 13.8 Å². The average Bonchev–Trinajstić information content (AvgIpc) is 3.08. The molecule has 0 bridgehead atoms. The minimum Gasteiger partial charge on any atom is -0.390 e. The normalized spacial score (nSPS) is 38.2. The number of hydrogen-bond acceptors (Lipinski definition) is 24. The fourth-order valence-electron chi connectivity index (χ4n) is 6.99. The molecule has 0 spiro atoms. The Kier molecular flexibility index (Phi) is 16.8. The predicted octanol–water partition coefficient (Wildman–Crippen LogP) is -3.51. The van der Waals surface area contributed by atoms with Crippen LogP contribution in [0.2, 0.25) is 0 Å². The molecule has 8 rings (SSSR count). The Labute approximate surface area is 450 Å². The number of ether oxygens (including phenoxy) is 4. The zero-order chi connectivity index (χ0) is 62.9. The summed E-state index contributed by atoms with van der Waals surface area (Å²) >= 11 is 19.3. The number of rotatable bonds is 8. The van der Waals surface area contributed by atoms with E-state index in [1.807, 2.05) is 0 Å². The highest BCUT2D eigenvalue weighted by molar-refractivity contribution is 7.72. The summed E-state index contributed by atoms with van der Waals surface area (Å²) in [5.74, 6) is -13.3. The van der Waals surface area contributed by atoms with Crippen molar-refractivity contribution >= 4 is 48.9 Å². The van der Waals surface area contributed by atoms with E-state index in [0.717, 1.165) is 21.5 Å². The third kappa shape index (κ3) is 12.2. The lowest BCUT2D eigenvalue weighted by Crippen LogP contribution is -2.42. The Hall–Kier alpha value is -4.52. The second kappa shape index (κ2) is 23.8. The summed E-state index contributed by atoms with van der Waals surface area (Å²) in [6.45, 7) is -3.57. The first kappa shape index (κ1) is 53.5. The average molecular weight is 1180 g/mol. The lowest BCUT2D eigenvalue weighted by atomic mass is 10.1. The number of nitrogens with zero attached hydrogens (tertiary/aromatic N) is 4. The van der Waals surface area contributed by atoms with E-state index in [0.29, 0.717) is 25.8 Å². The molecule has 4 saturated heterocycles. The van der Waals surface area contributed by atoms with Crippen molar-refractivity contribution in [3.05, 3.63) is 108 Å². The van der Waals surface area contributed by atoms with E-state index in [2.05, 4.69) is 34.1 Å². The van der Waals surface area contributed by atoms with Gasteiger partial charge in [-0.05, 0) is 27.7 Å². The monoisotopic (exact) mass is 1170 g/mol. The summed E-state index contributed by atoms with van der Waals surface area (Å²) < 4.78 is 122. The van der Waals surface area contributed by atoms with E-state index in [1.165, 1.54) is 26.2 Å². The fraction of sp³-hybridized carbons (Fsp3) is 0.600. The predicted molar refractivity (Wildman–Crippen MR) is 255 cm³/mol. The van der Waals surface area contributed by atoms with Crippen molar-refractivity contribution in [2.75, 3.05) is 26.3 Å². The van der Waals surface area contributed by atoms with Crippen LogP contribution in [0.15, 0.2) is 44.0 Å². The van der Waals surface area contributed by atoms with Gasteiger partial charge in [-0.3, -0.25) is 38.2 Å². The van der Waals surface area contributed by atoms with Gasteiger partial charge in [-0.2, -0.15) is 0 Å². The van der Waals surface area contributed by atoms with Gasteiger partial charge in [-0.15, -0.1) is 0 Å². The summed E-state index contributed by atoms with van der Waals surface area (Å²) in [5.41, 5.74) is -1.91. The summed E-state index contributed by atoms with van der Waals surface area (Å²) in [4.78, 5) is 56.1. The molecule has 0 aliphatic carbocycles. The van der Waals surface area contributed by atoms with Crippen LogP contribution in [0.3, 0.4) is 0 Å². The van der Waals surface area contributed by atoms with Crippen LogP contribution in [-0.2, 0) is 18.9 Å². The van der Waals surface area contributed by atoms with E-state index in [-0.39, 0.29) is 24.1 Å². The third-order valence-corrected chi connectivity index (χ3v) is 13.1. The van der Waals surface area contributed by atoms with Gasteiger partial charge in [0, 0.05) is 47.0 Å². The largest absolute Gasteiger partial charge is 0.390 e. The highest BCUT2D eigenvalue weighted by Crippen LogP contribution is 2.40. The maximum Gasteiger partial charge on any atom is 0.328 e. The second-order valence-electron chi connectivity index (χ2n) is 16.8. The Balaban J connectivity index is 0.000000201. The summed E-state index contributed by atoms with van der Waals surface area (Å²) in [5, 5.41) is 114. The van der Waals surface area contributed by atoms with Gasteiger partial charge < -0.3 is 80.2 Å².